The SMILES string of the molecule is CC(C)(C)c1ccc([N-]c2ccc(C(C)(C)C)cc2-c2nccc3c2sc2ccccc23)c(-c2cccc(-c3[c-]ccc(-c4ccccc4)c3)n2)c1.[Pt+2]. The van der Waals surface area contributed by atoms with Crippen LogP contribution in [0.3, 0.4) is 0 Å². The molecule has 0 aliphatic rings. The number of pyridine rings is 2. The quantitative estimate of drug-likeness (QED) is 0.156. The molecule has 0 fully saturated rings. The fourth-order valence-corrected chi connectivity index (χ4v) is 7.93. The van der Waals surface area contributed by atoms with Gasteiger partial charge in [-0.15, -0.1) is 58.1 Å². The molecule has 0 saturated heterocycles. The van der Waals surface area contributed by atoms with Crippen molar-refractivity contribution >= 4 is 42.9 Å². The minimum atomic E-state index is -0.0526. The number of thiophene rings is 1. The molecular formula is C48H41N3PtS. The minimum Gasteiger partial charge on any atom is -0.657 e. The molecule has 3 aromatic heterocycles. The first-order chi connectivity index (χ1) is 25.0. The maximum absolute atomic E-state index is 5.47. The molecule has 8 rings (SSSR count). The Morgan fingerprint density at radius 1 is 0.585 bits per heavy atom. The molecule has 0 atom stereocenters. The van der Waals surface area contributed by atoms with Crippen molar-refractivity contribution in [3.63, 3.8) is 0 Å². The number of hydrogen-bond acceptors (Lipinski definition) is 3. The van der Waals surface area contributed by atoms with Gasteiger partial charge in [-0.3, -0.25) is 9.97 Å². The van der Waals surface area contributed by atoms with E-state index in [1.807, 2.05) is 18.3 Å². The van der Waals surface area contributed by atoms with Gasteiger partial charge in [-0.25, -0.2) is 0 Å². The van der Waals surface area contributed by atoms with Gasteiger partial charge in [0.1, 0.15) is 0 Å². The van der Waals surface area contributed by atoms with E-state index < -0.39 is 0 Å². The summed E-state index contributed by atoms with van der Waals surface area (Å²) >= 11 is 1.80. The van der Waals surface area contributed by atoms with Gasteiger partial charge in [-0.2, -0.15) is 0 Å². The van der Waals surface area contributed by atoms with Crippen LogP contribution in [0.4, 0.5) is 11.4 Å². The molecular weight excluding hydrogens is 846 g/mol. The van der Waals surface area contributed by atoms with Crippen LogP contribution >= 0.6 is 11.3 Å². The zero-order valence-electron chi connectivity index (χ0n) is 30.8. The van der Waals surface area contributed by atoms with E-state index in [1.54, 1.807) is 11.3 Å². The van der Waals surface area contributed by atoms with Crippen LogP contribution in [0, 0.1) is 6.07 Å². The Balaban J connectivity index is 0.00000435. The van der Waals surface area contributed by atoms with E-state index in [0.29, 0.717) is 0 Å². The first kappa shape index (κ1) is 36.5. The van der Waals surface area contributed by atoms with Crippen molar-refractivity contribution < 1.29 is 21.1 Å². The molecule has 0 amide bonds. The van der Waals surface area contributed by atoms with Crippen LogP contribution in [0.2, 0.25) is 0 Å². The van der Waals surface area contributed by atoms with Gasteiger partial charge in [-0.05, 0) is 62.5 Å². The van der Waals surface area contributed by atoms with E-state index >= 15 is 0 Å². The predicted octanol–water partition coefficient (Wildman–Crippen LogP) is 14.2. The van der Waals surface area contributed by atoms with Crippen molar-refractivity contribution in [1.29, 1.82) is 0 Å². The largest absolute Gasteiger partial charge is 2.00 e. The van der Waals surface area contributed by atoms with Crippen molar-refractivity contribution in [2.24, 2.45) is 0 Å². The number of hydrogen-bond donors (Lipinski definition) is 0. The molecule has 3 heterocycles. The van der Waals surface area contributed by atoms with Crippen molar-refractivity contribution in [3.05, 3.63) is 162 Å². The summed E-state index contributed by atoms with van der Waals surface area (Å²) < 4.78 is 2.44. The van der Waals surface area contributed by atoms with E-state index in [2.05, 4.69) is 169 Å². The summed E-state index contributed by atoms with van der Waals surface area (Å²) in [4.78, 5) is 10.3. The van der Waals surface area contributed by atoms with Gasteiger partial charge in [-0.1, -0.05) is 139 Å². The Labute approximate surface area is 331 Å². The summed E-state index contributed by atoms with van der Waals surface area (Å²) in [6.45, 7) is 13.5. The van der Waals surface area contributed by atoms with Gasteiger partial charge in [0.15, 0.2) is 0 Å². The van der Waals surface area contributed by atoms with Crippen LogP contribution < -0.4 is 0 Å². The molecule has 3 nitrogen and oxygen atoms in total. The van der Waals surface area contributed by atoms with Gasteiger partial charge in [0, 0.05) is 21.7 Å². The zero-order valence-corrected chi connectivity index (χ0v) is 33.9. The molecule has 5 heteroatoms. The molecule has 264 valence electrons. The molecule has 5 aromatic carbocycles. The number of nitrogens with zero attached hydrogens (tertiary/aromatic N) is 3. The summed E-state index contributed by atoms with van der Waals surface area (Å²) in [6, 6.07) is 50.4. The van der Waals surface area contributed by atoms with Crippen molar-refractivity contribution in [2.45, 2.75) is 52.4 Å². The van der Waals surface area contributed by atoms with Crippen LogP contribution in [0.1, 0.15) is 52.7 Å². The Morgan fingerprint density at radius 3 is 1.98 bits per heavy atom. The Kier molecular flexibility index (Phi) is 9.98. The minimum absolute atomic E-state index is 0. The number of fused-ring (bicyclic) bond motifs is 3. The normalized spacial score (nSPS) is 11.8. The number of rotatable bonds is 6. The third-order valence-corrected chi connectivity index (χ3v) is 10.9. The summed E-state index contributed by atoms with van der Waals surface area (Å²) in [5.41, 5.74) is 12.1. The molecule has 8 aromatic rings. The molecule has 0 spiro atoms. The average molecular weight is 887 g/mol. The van der Waals surface area contributed by atoms with E-state index in [1.165, 1.54) is 36.9 Å². The fraction of sp³-hybridized carbons (Fsp3) is 0.167. The number of aromatic nitrogens is 2. The van der Waals surface area contributed by atoms with Gasteiger partial charge in [0.05, 0.1) is 16.1 Å². The standard InChI is InChI=1S/C48H41N3S.Pt/c1-47(2,3)34-22-24-42(38(29-34)41-20-13-19-40(50-41)33-17-12-16-32(28-33)31-14-8-7-9-15-31)51-43-25-23-35(48(4,5)6)30-39(43)45-46-37(26-27-49-45)36-18-10-11-21-44(36)52-46;/h7-16,18-30H,1-6H3;/q-2;+2. The van der Waals surface area contributed by atoms with Crippen LogP contribution in [-0.2, 0) is 31.9 Å². The van der Waals surface area contributed by atoms with E-state index in [9.17, 15) is 0 Å². The van der Waals surface area contributed by atoms with Gasteiger partial charge < -0.3 is 5.32 Å². The average Bonchev–Trinajstić information content (AvgIpc) is 3.54. The summed E-state index contributed by atoms with van der Waals surface area (Å²) in [5.74, 6) is 0. The van der Waals surface area contributed by atoms with Crippen LogP contribution in [0.5, 0.6) is 0 Å². The second-order valence-electron chi connectivity index (χ2n) is 15.5. The molecule has 0 unspecified atom stereocenters. The second kappa shape index (κ2) is 14.5. The monoisotopic (exact) mass is 886 g/mol. The first-order valence-electron chi connectivity index (χ1n) is 17.9. The summed E-state index contributed by atoms with van der Waals surface area (Å²) in [5, 5.41) is 7.96. The Bertz CT molecular complexity index is 2570. The summed E-state index contributed by atoms with van der Waals surface area (Å²) in [7, 11) is 0. The van der Waals surface area contributed by atoms with Gasteiger partial charge in [0.25, 0.3) is 0 Å². The van der Waals surface area contributed by atoms with Gasteiger partial charge in [0.2, 0.25) is 0 Å². The Morgan fingerprint density at radius 2 is 1.25 bits per heavy atom. The summed E-state index contributed by atoms with van der Waals surface area (Å²) in [6.07, 6.45) is 1.94. The van der Waals surface area contributed by atoms with Crippen LogP contribution in [-0.4, -0.2) is 9.97 Å². The molecule has 0 aliphatic heterocycles. The van der Waals surface area contributed by atoms with Crippen LogP contribution in [0.15, 0.2) is 140 Å². The second-order valence-corrected chi connectivity index (χ2v) is 16.5. The van der Waals surface area contributed by atoms with Crippen molar-refractivity contribution in [1.82, 2.24) is 9.97 Å². The maximum atomic E-state index is 5.47. The number of benzene rings is 5. The van der Waals surface area contributed by atoms with Crippen molar-refractivity contribution in [2.75, 3.05) is 0 Å². The van der Waals surface area contributed by atoms with Crippen LogP contribution in [0.25, 0.3) is 70.4 Å². The van der Waals surface area contributed by atoms with E-state index in [0.717, 1.165) is 50.7 Å². The fourth-order valence-electron chi connectivity index (χ4n) is 6.73. The van der Waals surface area contributed by atoms with Crippen molar-refractivity contribution in [3.8, 4) is 44.9 Å². The van der Waals surface area contributed by atoms with E-state index in [-0.39, 0.29) is 31.9 Å². The molecule has 53 heavy (non-hydrogen) atoms. The molecule has 0 radical (unpaired) electrons. The zero-order chi connectivity index (χ0) is 36.0. The topological polar surface area (TPSA) is 39.9 Å². The van der Waals surface area contributed by atoms with E-state index in [4.69, 9.17) is 15.3 Å². The maximum Gasteiger partial charge on any atom is 2.00 e. The third-order valence-electron chi connectivity index (χ3n) is 9.72. The first-order valence-corrected chi connectivity index (χ1v) is 18.7. The molecule has 0 N–H and O–H groups in total. The third kappa shape index (κ3) is 7.36. The van der Waals surface area contributed by atoms with Gasteiger partial charge >= 0.3 is 21.1 Å². The Hall–Kier alpha value is -4.89. The smallest absolute Gasteiger partial charge is 0.657 e. The predicted molar refractivity (Wildman–Crippen MR) is 222 cm³/mol. The molecule has 0 aliphatic carbocycles. The molecule has 0 saturated carbocycles. The molecule has 0 bridgehead atoms.